The molecule has 114 valence electrons. The Morgan fingerprint density at radius 3 is 3.14 bits per heavy atom. The molecule has 2 aromatic heterocycles. The van der Waals surface area contributed by atoms with Gasteiger partial charge in [-0.2, -0.15) is 0 Å². The lowest BCUT2D eigenvalue weighted by Crippen LogP contribution is -2.35. The summed E-state index contributed by atoms with van der Waals surface area (Å²) in [4.78, 5) is 15.2. The molecule has 0 saturated carbocycles. The molecule has 0 amide bonds. The Kier molecular flexibility index (Phi) is 3.45. The number of H-pyrrole nitrogens is 1. The minimum Gasteiger partial charge on any atom is -0.356 e. The van der Waals surface area contributed by atoms with E-state index in [1.807, 2.05) is 6.20 Å². The average molecular weight is 294 g/mol. The lowest BCUT2D eigenvalue weighted by molar-refractivity contribution is 0.444. The van der Waals surface area contributed by atoms with E-state index >= 15 is 0 Å². The van der Waals surface area contributed by atoms with Gasteiger partial charge < -0.3 is 9.88 Å². The zero-order valence-electron chi connectivity index (χ0n) is 13.0. The van der Waals surface area contributed by atoms with Gasteiger partial charge in [-0.15, -0.1) is 0 Å². The van der Waals surface area contributed by atoms with Crippen LogP contribution in [0.1, 0.15) is 31.9 Å². The Labute approximate surface area is 130 Å². The van der Waals surface area contributed by atoms with Crippen molar-refractivity contribution in [1.29, 1.82) is 0 Å². The normalized spacial score (nSPS) is 21.4. The van der Waals surface area contributed by atoms with Crippen molar-refractivity contribution >= 4 is 11.4 Å². The van der Waals surface area contributed by atoms with Crippen molar-refractivity contribution in [3.8, 4) is 0 Å². The summed E-state index contributed by atoms with van der Waals surface area (Å²) >= 11 is 0. The van der Waals surface area contributed by atoms with Crippen LogP contribution in [0.4, 0.5) is 5.82 Å². The second kappa shape index (κ2) is 5.59. The number of anilines is 1. The first-order chi connectivity index (χ1) is 10.8. The maximum atomic E-state index is 4.97. The fourth-order valence-electron chi connectivity index (χ4n) is 3.58. The predicted molar refractivity (Wildman–Crippen MR) is 88.4 cm³/mol. The maximum absolute atomic E-state index is 4.97. The molecule has 4 heterocycles. The summed E-state index contributed by atoms with van der Waals surface area (Å²) in [6.45, 7) is 5.42. The molecule has 1 unspecified atom stereocenters. The van der Waals surface area contributed by atoms with Crippen LogP contribution in [0.3, 0.4) is 0 Å². The highest BCUT2D eigenvalue weighted by molar-refractivity contribution is 5.64. The second-order valence-corrected chi connectivity index (χ2v) is 6.42. The molecule has 4 nitrogen and oxygen atoms in total. The molecule has 0 radical (unpaired) electrons. The minimum absolute atomic E-state index is 0.761. The molecule has 0 aliphatic carbocycles. The zero-order valence-corrected chi connectivity index (χ0v) is 13.0. The number of fused-ring (bicyclic) bond motifs is 1. The predicted octanol–water partition coefficient (Wildman–Crippen LogP) is 1.87. The Balaban J connectivity index is 1.74. The molecule has 4 rings (SSSR count). The fraction of sp³-hybridized carbons (Fsp3) is 0.444. The van der Waals surface area contributed by atoms with Gasteiger partial charge in [-0.3, -0.25) is 4.99 Å². The van der Waals surface area contributed by atoms with E-state index in [1.165, 1.54) is 23.6 Å². The standard InChI is InChI=1S/C18H22N4/c1-13-4-3-11-22(12-13)17-6-2-5-16(21-17)14-7-9-19-18-15(14)8-10-20-18/h2,5-6,8,10,13H,3-4,7,9,11-12H2,1H3,(H,19,20). The first-order valence-corrected chi connectivity index (χ1v) is 8.25. The monoisotopic (exact) mass is 294 g/mol. The third-order valence-corrected chi connectivity index (χ3v) is 4.71. The highest BCUT2D eigenvalue weighted by Gasteiger charge is 2.18. The third-order valence-electron chi connectivity index (χ3n) is 4.71. The van der Waals surface area contributed by atoms with Crippen LogP contribution < -0.4 is 15.6 Å². The van der Waals surface area contributed by atoms with Gasteiger partial charge in [0.2, 0.25) is 0 Å². The van der Waals surface area contributed by atoms with Crippen molar-refractivity contribution in [2.75, 3.05) is 24.5 Å². The van der Waals surface area contributed by atoms with Gasteiger partial charge in [0.1, 0.15) is 11.3 Å². The molecule has 2 aliphatic rings. The van der Waals surface area contributed by atoms with Gasteiger partial charge in [-0.05, 0) is 49.0 Å². The number of nitrogens with one attached hydrogen (secondary N) is 1. The number of rotatable bonds is 2. The molecule has 4 heteroatoms. The van der Waals surface area contributed by atoms with Gasteiger partial charge in [0.25, 0.3) is 0 Å². The second-order valence-electron chi connectivity index (χ2n) is 6.42. The first-order valence-electron chi connectivity index (χ1n) is 8.25. The minimum atomic E-state index is 0.761. The summed E-state index contributed by atoms with van der Waals surface area (Å²) in [5, 5.41) is 1.21. The molecule has 2 aromatic rings. The van der Waals surface area contributed by atoms with Gasteiger partial charge in [0.15, 0.2) is 0 Å². The van der Waals surface area contributed by atoms with Gasteiger partial charge in [-0.25, -0.2) is 4.98 Å². The highest BCUT2D eigenvalue weighted by Crippen LogP contribution is 2.23. The van der Waals surface area contributed by atoms with Gasteiger partial charge >= 0.3 is 0 Å². The molecule has 1 fully saturated rings. The molecule has 2 aliphatic heterocycles. The largest absolute Gasteiger partial charge is 0.356 e. The summed E-state index contributed by atoms with van der Waals surface area (Å²) < 4.78 is 0. The molecule has 1 saturated heterocycles. The maximum Gasteiger partial charge on any atom is 0.132 e. The summed E-state index contributed by atoms with van der Waals surface area (Å²) in [6.07, 6.45) is 5.54. The number of piperidine rings is 1. The van der Waals surface area contributed by atoms with E-state index in [0.717, 1.165) is 49.0 Å². The quantitative estimate of drug-likeness (QED) is 0.919. The topological polar surface area (TPSA) is 44.3 Å². The number of hydrogen-bond donors (Lipinski definition) is 1. The Morgan fingerprint density at radius 2 is 2.23 bits per heavy atom. The molecule has 0 aromatic carbocycles. The van der Waals surface area contributed by atoms with Crippen molar-refractivity contribution in [2.24, 2.45) is 10.9 Å². The van der Waals surface area contributed by atoms with Crippen LogP contribution in [0.15, 0.2) is 35.5 Å². The van der Waals surface area contributed by atoms with E-state index in [-0.39, 0.29) is 0 Å². The number of aromatic nitrogens is 2. The molecule has 0 spiro atoms. The van der Waals surface area contributed by atoms with Crippen molar-refractivity contribution in [2.45, 2.75) is 26.2 Å². The van der Waals surface area contributed by atoms with Crippen molar-refractivity contribution in [1.82, 2.24) is 9.97 Å². The number of aromatic amines is 1. The summed E-state index contributed by atoms with van der Waals surface area (Å²) in [7, 11) is 0. The van der Waals surface area contributed by atoms with Crippen molar-refractivity contribution in [3.63, 3.8) is 0 Å². The average Bonchev–Trinajstić information content (AvgIpc) is 3.03. The van der Waals surface area contributed by atoms with E-state index in [4.69, 9.17) is 4.98 Å². The summed E-state index contributed by atoms with van der Waals surface area (Å²) in [6, 6.07) is 8.54. The Hall–Kier alpha value is -2.10. The first kappa shape index (κ1) is 13.6. The van der Waals surface area contributed by atoms with E-state index < -0.39 is 0 Å². The van der Waals surface area contributed by atoms with Crippen LogP contribution in [0.25, 0.3) is 5.57 Å². The van der Waals surface area contributed by atoms with E-state index in [2.05, 4.69) is 46.1 Å². The van der Waals surface area contributed by atoms with E-state index in [0.29, 0.717) is 0 Å². The van der Waals surface area contributed by atoms with Gasteiger partial charge in [-0.1, -0.05) is 13.0 Å². The van der Waals surface area contributed by atoms with E-state index in [1.54, 1.807) is 0 Å². The Bertz CT molecular complexity index is 789. The lowest BCUT2D eigenvalue weighted by Gasteiger charge is -2.32. The van der Waals surface area contributed by atoms with Crippen LogP contribution in [-0.2, 0) is 0 Å². The molecule has 1 atom stereocenters. The van der Waals surface area contributed by atoms with Gasteiger partial charge in [0, 0.05) is 31.0 Å². The molecule has 22 heavy (non-hydrogen) atoms. The van der Waals surface area contributed by atoms with Gasteiger partial charge in [0.05, 0.1) is 5.69 Å². The molecular weight excluding hydrogens is 272 g/mol. The van der Waals surface area contributed by atoms with Crippen LogP contribution in [0.2, 0.25) is 0 Å². The summed E-state index contributed by atoms with van der Waals surface area (Å²) in [5.74, 6) is 1.88. The van der Waals surface area contributed by atoms with Crippen LogP contribution in [-0.4, -0.2) is 29.6 Å². The number of nitrogens with zero attached hydrogens (tertiary/aromatic N) is 3. The highest BCUT2D eigenvalue weighted by atomic mass is 15.2. The SMILES string of the molecule is CC1CCCN(c2cccc(C3=c4cc[nH]c4=NCC3)n2)C1. The van der Waals surface area contributed by atoms with Crippen LogP contribution in [0.5, 0.6) is 0 Å². The van der Waals surface area contributed by atoms with Crippen molar-refractivity contribution in [3.05, 3.63) is 46.9 Å². The zero-order chi connectivity index (χ0) is 14.9. The molecule has 1 N–H and O–H groups in total. The van der Waals surface area contributed by atoms with Crippen molar-refractivity contribution < 1.29 is 0 Å². The Morgan fingerprint density at radius 1 is 1.27 bits per heavy atom. The van der Waals surface area contributed by atoms with Crippen LogP contribution in [0, 0.1) is 5.92 Å². The fourth-order valence-corrected chi connectivity index (χ4v) is 3.58. The summed E-state index contributed by atoms with van der Waals surface area (Å²) in [5.41, 5.74) is 3.42. The smallest absolute Gasteiger partial charge is 0.132 e. The van der Waals surface area contributed by atoms with Crippen LogP contribution >= 0.6 is 0 Å². The third kappa shape index (κ3) is 2.43. The molecule has 0 bridgehead atoms. The lowest BCUT2D eigenvalue weighted by atomic mass is 10.00. The number of pyridine rings is 1. The number of hydrogen-bond acceptors (Lipinski definition) is 3. The molecular formula is C18H22N4. The van der Waals surface area contributed by atoms with E-state index in [9.17, 15) is 0 Å².